The van der Waals surface area contributed by atoms with Crippen molar-refractivity contribution in [3.8, 4) is 5.75 Å². The van der Waals surface area contributed by atoms with Gasteiger partial charge in [-0.3, -0.25) is 4.79 Å². The lowest BCUT2D eigenvalue weighted by molar-refractivity contribution is 0.104. The van der Waals surface area contributed by atoms with Crippen LogP contribution in [0.2, 0.25) is 0 Å². The average Bonchev–Trinajstić information content (AvgIpc) is 3.18. The summed E-state index contributed by atoms with van der Waals surface area (Å²) < 4.78 is 12.7. The van der Waals surface area contributed by atoms with Crippen molar-refractivity contribution in [2.75, 3.05) is 0 Å². The van der Waals surface area contributed by atoms with Crippen molar-refractivity contribution in [3.63, 3.8) is 0 Å². The molecule has 0 spiro atoms. The van der Waals surface area contributed by atoms with Gasteiger partial charge < -0.3 is 9.15 Å². The number of carbonyl (C=O) groups is 1. The van der Waals surface area contributed by atoms with Crippen molar-refractivity contribution in [1.82, 2.24) is 0 Å². The van der Waals surface area contributed by atoms with Gasteiger partial charge in [0.1, 0.15) is 23.9 Å². The van der Waals surface area contributed by atoms with Crippen molar-refractivity contribution in [2.45, 2.75) is 13.5 Å². The Morgan fingerprint density at radius 2 is 1.83 bits per heavy atom. The number of rotatable bonds is 6. The van der Waals surface area contributed by atoms with Crippen LogP contribution in [0.25, 0.3) is 16.8 Å². The van der Waals surface area contributed by atoms with E-state index in [2.05, 4.69) is 22.0 Å². The summed E-state index contributed by atoms with van der Waals surface area (Å²) in [6.07, 6.45) is 3.21. The maximum absolute atomic E-state index is 12.3. The molecule has 0 aliphatic rings. The zero-order valence-electron chi connectivity index (χ0n) is 15.9. The Balaban J connectivity index is 1.39. The van der Waals surface area contributed by atoms with Crippen molar-refractivity contribution >= 4 is 38.6 Å². The summed E-state index contributed by atoms with van der Waals surface area (Å²) in [6, 6.07) is 23.3. The molecule has 0 saturated heterocycles. The van der Waals surface area contributed by atoms with Gasteiger partial charge in [0.2, 0.25) is 0 Å². The molecular formula is C25H19BrO3. The number of ether oxygens (including phenoxy) is 1. The predicted molar refractivity (Wildman–Crippen MR) is 119 cm³/mol. The van der Waals surface area contributed by atoms with E-state index in [1.807, 2.05) is 73.7 Å². The summed E-state index contributed by atoms with van der Waals surface area (Å²) in [7, 11) is 0. The second-order valence-electron chi connectivity index (χ2n) is 6.81. The van der Waals surface area contributed by atoms with Crippen LogP contribution < -0.4 is 4.74 Å². The molecule has 0 unspecified atom stereocenters. The van der Waals surface area contributed by atoms with E-state index < -0.39 is 0 Å². The summed E-state index contributed by atoms with van der Waals surface area (Å²) in [4.78, 5) is 12.3. The first-order chi connectivity index (χ1) is 14.1. The topological polar surface area (TPSA) is 39.4 Å². The molecule has 144 valence electrons. The third-order valence-corrected chi connectivity index (χ3v) is 5.03. The number of aryl methyl sites for hydroxylation is 1. The standard InChI is InChI=1S/C25H19BrO3/c1-17-3-2-4-20(13-17)25(27)12-11-22-9-10-24(29-22)16-28-23-8-6-18-14-21(26)7-5-19(18)15-23/h2-15H,16H2,1H3/b12-11+. The second kappa shape index (κ2) is 8.50. The molecule has 4 heteroatoms. The Hall–Kier alpha value is -3.11. The van der Waals surface area contributed by atoms with Crippen molar-refractivity contribution in [1.29, 1.82) is 0 Å². The highest BCUT2D eigenvalue weighted by molar-refractivity contribution is 9.10. The first-order valence-corrected chi connectivity index (χ1v) is 10.1. The number of fused-ring (bicyclic) bond motifs is 1. The van der Waals surface area contributed by atoms with Gasteiger partial charge in [-0.1, -0.05) is 51.8 Å². The molecule has 3 nitrogen and oxygen atoms in total. The van der Waals surface area contributed by atoms with Crippen LogP contribution in [-0.2, 0) is 6.61 Å². The van der Waals surface area contributed by atoms with Crippen LogP contribution in [0.4, 0.5) is 0 Å². The molecule has 0 aliphatic carbocycles. The SMILES string of the molecule is Cc1cccc(C(=O)/C=C/c2ccc(COc3ccc4cc(Br)ccc4c3)o2)c1. The Morgan fingerprint density at radius 1 is 1.00 bits per heavy atom. The van der Waals surface area contributed by atoms with Crippen LogP contribution in [0, 0.1) is 6.92 Å². The second-order valence-corrected chi connectivity index (χ2v) is 7.73. The maximum atomic E-state index is 12.3. The molecule has 0 radical (unpaired) electrons. The molecule has 29 heavy (non-hydrogen) atoms. The molecule has 0 bridgehead atoms. The fourth-order valence-corrected chi connectivity index (χ4v) is 3.43. The highest BCUT2D eigenvalue weighted by Gasteiger charge is 2.05. The van der Waals surface area contributed by atoms with Gasteiger partial charge in [-0.15, -0.1) is 0 Å². The van der Waals surface area contributed by atoms with E-state index in [9.17, 15) is 4.79 Å². The van der Waals surface area contributed by atoms with Crippen LogP contribution >= 0.6 is 15.9 Å². The number of hydrogen-bond donors (Lipinski definition) is 0. The molecule has 0 amide bonds. The van der Waals surface area contributed by atoms with E-state index in [-0.39, 0.29) is 5.78 Å². The zero-order valence-corrected chi connectivity index (χ0v) is 17.5. The molecule has 3 aromatic carbocycles. The van der Waals surface area contributed by atoms with Crippen LogP contribution in [0.5, 0.6) is 5.75 Å². The van der Waals surface area contributed by atoms with Gasteiger partial charge in [-0.25, -0.2) is 0 Å². The number of ketones is 1. The highest BCUT2D eigenvalue weighted by atomic mass is 79.9. The molecule has 1 aromatic heterocycles. The summed E-state index contributed by atoms with van der Waals surface area (Å²) in [5, 5.41) is 2.26. The molecule has 0 atom stereocenters. The van der Waals surface area contributed by atoms with Gasteiger partial charge in [0, 0.05) is 10.0 Å². The van der Waals surface area contributed by atoms with Gasteiger partial charge in [0.05, 0.1) is 0 Å². The average molecular weight is 447 g/mol. The Kier molecular flexibility index (Phi) is 5.63. The minimum Gasteiger partial charge on any atom is -0.486 e. The lowest BCUT2D eigenvalue weighted by Gasteiger charge is -2.06. The molecular weight excluding hydrogens is 428 g/mol. The fraction of sp³-hybridized carbons (Fsp3) is 0.0800. The van der Waals surface area contributed by atoms with Crippen LogP contribution in [0.1, 0.15) is 27.4 Å². The molecule has 0 N–H and O–H groups in total. The Bertz CT molecular complexity index is 1200. The number of hydrogen-bond acceptors (Lipinski definition) is 3. The number of benzene rings is 3. The van der Waals surface area contributed by atoms with E-state index in [1.54, 1.807) is 6.08 Å². The normalized spacial score (nSPS) is 11.2. The van der Waals surface area contributed by atoms with Crippen LogP contribution in [-0.4, -0.2) is 5.78 Å². The fourth-order valence-electron chi connectivity index (χ4n) is 3.05. The monoisotopic (exact) mass is 446 g/mol. The summed E-state index contributed by atoms with van der Waals surface area (Å²) >= 11 is 3.48. The van der Waals surface area contributed by atoms with E-state index in [4.69, 9.17) is 9.15 Å². The number of halogens is 1. The first kappa shape index (κ1) is 19.2. The van der Waals surface area contributed by atoms with Crippen molar-refractivity contribution in [2.24, 2.45) is 0 Å². The number of carbonyl (C=O) groups excluding carboxylic acids is 1. The molecule has 4 aromatic rings. The summed E-state index contributed by atoms with van der Waals surface area (Å²) in [6.45, 7) is 2.29. The van der Waals surface area contributed by atoms with Gasteiger partial charge in [-0.05, 0) is 72.3 Å². The smallest absolute Gasteiger partial charge is 0.185 e. The third kappa shape index (κ3) is 4.84. The predicted octanol–water partition coefficient (Wildman–Crippen LogP) is 6.98. The van der Waals surface area contributed by atoms with E-state index in [0.29, 0.717) is 23.7 Å². The first-order valence-electron chi connectivity index (χ1n) is 9.27. The number of allylic oxidation sites excluding steroid dienone is 1. The third-order valence-electron chi connectivity index (χ3n) is 4.54. The van der Waals surface area contributed by atoms with E-state index in [0.717, 1.165) is 26.6 Å². The molecule has 0 saturated carbocycles. The Labute approximate surface area is 177 Å². The quantitative estimate of drug-likeness (QED) is 0.237. The molecule has 4 rings (SSSR count). The zero-order chi connectivity index (χ0) is 20.2. The molecule has 0 fully saturated rings. The molecule has 1 heterocycles. The lowest BCUT2D eigenvalue weighted by atomic mass is 10.1. The minimum atomic E-state index is -0.0503. The van der Waals surface area contributed by atoms with Crippen LogP contribution in [0.15, 0.2) is 87.8 Å². The van der Waals surface area contributed by atoms with Gasteiger partial charge in [-0.2, -0.15) is 0 Å². The van der Waals surface area contributed by atoms with Crippen LogP contribution in [0.3, 0.4) is 0 Å². The van der Waals surface area contributed by atoms with Crippen molar-refractivity contribution in [3.05, 3.63) is 106 Å². The largest absolute Gasteiger partial charge is 0.486 e. The van der Waals surface area contributed by atoms with Gasteiger partial charge in [0.15, 0.2) is 5.78 Å². The van der Waals surface area contributed by atoms with E-state index in [1.165, 1.54) is 6.08 Å². The summed E-state index contributed by atoms with van der Waals surface area (Å²) in [5.74, 6) is 2.05. The molecule has 0 aliphatic heterocycles. The van der Waals surface area contributed by atoms with Gasteiger partial charge in [0.25, 0.3) is 0 Å². The van der Waals surface area contributed by atoms with Gasteiger partial charge >= 0.3 is 0 Å². The summed E-state index contributed by atoms with van der Waals surface area (Å²) in [5.41, 5.74) is 1.72. The maximum Gasteiger partial charge on any atom is 0.185 e. The Morgan fingerprint density at radius 3 is 2.69 bits per heavy atom. The van der Waals surface area contributed by atoms with Crippen molar-refractivity contribution < 1.29 is 13.9 Å². The lowest BCUT2D eigenvalue weighted by Crippen LogP contribution is -1.94. The minimum absolute atomic E-state index is 0.0503. The van der Waals surface area contributed by atoms with E-state index >= 15 is 0 Å². The highest BCUT2D eigenvalue weighted by Crippen LogP contribution is 2.25. The number of furan rings is 1.